The molecule has 31 heavy (non-hydrogen) atoms. The molecule has 2 N–H and O–H groups in total. The minimum atomic E-state index is -0.0170. The van der Waals surface area contributed by atoms with Crippen molar-refractivity contribution in [2.24, 2.45) is 4.99 Å². The van der Waals surface area contributed by atoms with Gasteiger partial charge in [0.05, 0.1) is 18.8 Å². The molecule has 0 aliphatic carbocycles. The maximum atomic E-state index is 5.88. The maximum absolute atomic E-state index is 5.88. The fraction of sp³-hybridized carbons (Fsp3) is 0.565. The summed E-state index contributed by atoms with van der Waals surface area (Å²) < 4.78 is 11.5. The van der Waals surface area contributed by atoms with Crippen molar-refractivity contribution in [1.29, 1.82) is 0 Å². The lowest BCUT2D eigenvalue weighted by atomic mass is 10.00. The monoisotopic (exact) mass is 541 g/mol. The van der Waals surface area contributed by atoms with E-state index < -0.39 is 0 Å². The maximum Gasteiger partial charge on any atom is 0.226 e. The molecule has 1 aromatic carbocycles. The summed E-state index contributed by atoms with van der Waals surface area (Å²) in [5.74, 6) is 1.40. The summed E-state index contributed by atoms with van der Waals surface area (Å²) in [5, 5.41) is 6.82. The number of hydrogen-bond donors (Lipinski definition) is 2. The van der Waals surface area contributed by atoms with Crippen molar-refractivity contribution in [3.05, 3.63) is 42.3 Å². The highest BCUT2D eigenvalue weighted by Gasteiger charge is 2.33. The fourth-order valence-corrected chi connectivity index (χ4v) is 3.68. The first kappa shape index (κ1) is 25.6. The van der Waals surface area contributed by atoms with Crippen LogP contribution in [0.15, 0.2) is 46.0 Å². The third kappa shape index (κ3) is 7.47. The highest BCUT2D eigenvalue weighted by molar-refractivity contribution is 14.0. The van der Waals surface area contributed by atoms with Crippen LogP contribution in [0.25, 0.3) is 11.5 Å². The van der Waals surface area contributed by atoms with E-state index in [4.69, 9.17) is 14.1 Å². The number of nitrogens with one attached hydrogen (secondary N) is 2. The first-order valence-corrected chi connectivity index (χ1v) is 10.8. The van der Waals surface area contributed by atoms with Gasteiger partial charge in [0, 0.05) is 37.3 Å². The number of nitrogens with zero attached hydrogens (tertiary/aromatic N) is 3. The Labute approximate surface area is 203 Å². The molecule has 1 fully saturated rings. The second kappa shape index (κ2) is 11.8. The molecular weight excluding hydrogens is 505 g/mol. The number of hydrogen-bond acceptors (Lipinski definition) is 5. The normalized spacial score (nSPS) is 20.2. The zero-order valence-corrected chi connectivity index (χ0v) is 21.6. The summed E-state index contributed by atoms with van der Waals surface area (Å²) >= 11 is 0. The van der Waals surface area contributed by atoms with E-state index in [0.717, 1.165) is 43.4 Å². The van der Waals surface area contributed by atoms with Gasteiger partial charge in [-0.1, -0.05) is 18.2 Å². The number of guanidine groups is 1. The zero-order valence-electron chi connectivity index (χ0n) is 19.2. The minimum Gasteiger partial charge on any atom is -0.444 e. The Morgan fingerprint density at radius 3 is 2.48 bits per heavy atom. The summed E-state index contributed by atoms with van der Waals surface area (Å²) in [6.07, 6.45) is 2.18. The van der Waals surface area contributed by atoms with Crippen LogP contribution in [0.2, 0.25) is 0 Å². The molecule has 2 aromatic rings. The quantitative estimate of drug-likeness (QED) is 0.315. The van der Waals surface area contributed by atoms with Gasteiger partial charge < -0.3 is 19.8 Å². The number of aliphatic imine (C=N–C) groups is 1. The van der Waals surface area contributed by atoms with Crippen LogP contribution in [0.4, 0.5) is 0 Å². The Morgan fingerprint density at radius 1 is 1.16 bits per heavy atom. The van der Waals surface area contributed by atoms with Gasteiger partial charge >= 0.3 is 0 Å². The third-order valence-corrected chi connectivity index (χ3v) is 5.28. The summed E-state index contributed by atoms with van der Waals surface area (Å²) in [5.41, 5.74) is 1.76. The number of aromatic nitrogens is 1. The molecule has 1 aliphatic rings. The number of benzene rings is 1. The van der Waals surface area contributed by atoms with Gasteiger partial charge in [0.2, 0.25) is 5.89 Å². The van der Waals surface area contributed by atoms with Crippen LogP contribution in [0.5, 0.6) is 0 Å². The SMILES string of the molecule is CCNC(=NCc1coc(-c2ccccc2)n1)NCC(C)(C)N1CC(C)OC(C)C1.I. The first-order valence-electron chi connectivity index (χ1n) is 10.8. The van der Waals surface area contributed by atoms with E-state index >= 15 is 0 Å². The van der Waals surface area contributed by atoms with Gasteiger partial charge in [-0.2, -0.15) is 0 Å². The van der Waals surface area contributed by atoms with Gasteiger partial charge in [-0.3, -0.25) is 4.90 Å². The van der Waals surface area contributed by atoms with Crippen LogP contribution in [-0.4, -0.2) is 59.8 Å². The average Bonchev–Trinajstić information content (AvgIpc) is 3.19. The molecule has 0 bridgehead atoms. The summed E-state index contributed by atoms with van der Waals surface area (Å²) in [7, 11) is 0. The molecule has 2 atom stereocenters. The van der Waals surface area contributed by atoms with Crippen LogP contribution >= 0.6 is 24.0 Å². The van der Waals surface area contributed by atoms with Gasteiger partial charge in [-0.15, -0.1) is 24.0 Å². The average molecular weight is 541 g/mol. The first-order chi connectivity index (χ1) is 14.4. The Hall–Kier alpha value is -1.65. The van der Waals surface area contributed by atoms with E-state index in [1.54, 1.807) is 6.26 Å². The van der Waals surface area contributed by atoms with Gasteiger partial charge in [0.15, 0.2) is 5.96 Å². The molecule has 3 rings (SSSR count). The largest absolute Gasteiger partial charge is 0.444 e. The standard InChI is InChI=1S/C23H35N5O2.HI/c1-6-24-22(26-16-23(4,5)28-13-17(2)30-18(3)14-28)25-12-20-15-29-21(27-20)19-10-8-7-9-11-19;/h7-11,15,17-18H,6,12-14,16H2,1-5H3,(H2,24,25,26);1H. The Kier molecular flexibility index (Phi) is 9.77. The van der Waals surface area contributed by atoms with Crippen LogP contribution < -0.4 is 10.6 Å². The molecule has 1 aliphatic heterocycles. The second-order valence-electron chi connectivity index (χ2n) is 8.53. The Bertz CT molecular complexity index is 814. The lowest BCUT2D eigenvalue weighted by Gasteiger charge is -2.45. The summed E-state index contributed by atoms with van der Waals surface area (Å²) in [6, 6.07) is 9.90. The number of halogens is 1. The molecule has 1 aromatic heterocycles. The lowest BCUT2D eigenvalue weighted by Crippen LogP contribution is -2.59. The van der Waals surface area contributed by atoms with Crippen molar-refractivity contribution in [1.82, 2.24) is 20.5 Å². The number of ether oxygens (including phenoxy) is 1. The van der Waals surface area contributed by atoms with Crippen molar-refractivity contribution in [2.45, 2.75) is 58.9 Å². The van der Waals surface area contributed by atoms with Crippen molar-refractivity contribution in [2.75, 3.05) is 26.2 Å². The Morgan fingerprint density at radius 2 is 1.84 bits per heavy atom. The molecule has 8 heteroatoms. The minimum absolute atomic E-state index is 0. The van der Waals surface area contributed by atoms with E-state index in [1.807, 2.05) is 30.3 Å². The molecule has 0 spiro atoms. The van der Waals surface area contributed by atoms with Crippen molar-refractivity contribution in [3.8, 4) is 11.5 Å². The predicted octanol–water partition coefficient (Wildman–Crippen LogP) is 3.90. The molecule has 172 valence electrons. The van der Waals surface area contributed by atoms with E-state index in [0.29, 0.717) is 12.4 Å². The summed E-state index contributed by atoms with van der Waals surface area (Å²) in [6.45, 7) is 14.8. The van der Waals surface area contributed by atoms with E-state index in [1.165, 1.54) is 0 Å². The second-order valence-corrected chi connectivity index (χ2v) is 8.53. The van der Waals surface area contributed by atoms with Crippen molar-refractivity contribution < 1.29 is 9.15 Å². The highest BCUT2D eigenvalue weighted by atomic mass is 127. The lowest BCUT2D eigenvalue weighted by molar-refractivity contribution is -0.0946. The fourth-order valence-electron chi connectivity index (χ4n) is 3.68. The number of oxazole rings is 1. The smallest absolute Gasteiger partial charge is 0.226 e. The molecule has 2 heterocycles. The summed E-state index contributed by atoms with van der Waals surface area (Å²) in [4.78, 5) is 11.7. The van der Waals surface area contributed by atoms with Crippen molar-refractivity contribution >= 4 is 29.9 Å². The molecule has 0 saturated carbocycles. The molecule has 0 radical (unpaired) electrons. The number of rotatable bonds is 7. The van der Waals surface area contributed by atoms with Crippen LogP contribution in [0.1, 0.15) is 40.3 Å². The van der Waals surface area contributed by atoms with Crippen molar-refractivity contribution in [3.63, 3.8) is 0 Å². The van der Waals surface area contributed by atoms with E-state index in [-0.39, 0.29) is 41.7 Å². The zero-order chi connectivity index (χ0) is 21.6. The molecule has 2 unspecified atom stereocenters. The molecule has 7 nitrogen and oxygen atoms in total. The molecular formula is C23H36IN5O2. The van der Waals surface area contributed by atoms with Gasteiger partial charge in [-0.25, -0.2) is 9.98 Å². The van der Waals surface area contributed by atoms with Gasteiger partial charge in [0.1, 0.15) is 12.0 Å². The highest BCUT2D eigenvalue weighted by Crippen LogP contribution is 2.21. The predicted molar refractivity (Wildman–Crippen MR) is 136 cm³/mol. The van der Waals surface area contributed by atoms with Crippen LogP contribution in [-0.2, 0) is 11.3 Å². The van der Waals surface area contributed by atoms with Gasteiger partial charge in [0.25, 0.3) is 0 Å². The molecule has 1 saturated heterocycles. The third-order valence-electron chi connectivity index (χ3n) is 5.28. The van der Waals surface area contributed by atoms with E-state index in [9.17, 15) is 0 Å². The van der Waals surface area contributed by atoms with Crippen LogP contribution in [0, 0.1) is 0 Å². The van der Waals surface area contributed by atoms with E-state index in [2.05, 4.69) is 55.1 Å². The van der Waals surface area contributed by atoms with Gasteiger partial charge in [-0.05, 0) is 46.8 Å². The topological polar surface area (TPSA) is 74.9 Å². The van der Waals surface area contributed by atoms with Crippen LogP contribution in [0.3, 0.4) is 0 Å². The Balaban J connectivity index is 0.00000341. The number of morpholine rings is 1. The molecule has 0 amide bonds.